The second kappa shape index (κ2) is 6.56. The Balaban J connectivity index is 3.56. The van der Waals surface area contributed by atoms with Crippen LogP contribution in [0.4, 0.5) is 0 Å². The van der Waals surface area contributed by atoms with Crippen LogP contribution >= 0.6 is 11.6 Å². The van der Waals surface area contributed by atoms with Crippen LogP contribution in [-0.4, -0.2) is 45.1 Å². The monoisotopic (exact) mass is 231 g/mol. The lowest BCUT2D eigenvalue weighted by Gasteiger charge is -2.09. The van der Waals surface area contributed by atoms with Gasteiger partial charge in [0.2, 0.25) is 10.0 Å². The molecule has 2 N–H and O–H groups in total. The van der Waals surface area contributed by atoms with Crippen LogP contribution in [0.15, 0.2) is 0 Å². The number of ether oxygens (including phenoxy) is 1. The van der Waals surface area contributed by atoms with Gasteiger partial charge in [0.25, 0.3) is 0 Å². The first-order valence-electron chi connectivity index (χ1n) is 3.72. The molecule has 0 radical (unpaired) electrons. The first kappa shape index (κ1) is 13.1. The highest BCUT2D eigenvalue weighted by atomic mass is 35.5. The van der Waals surface area contributed by atoms with Crippen LogP contribution in [-0.2, 0) is 14.8 Å². The molecule has 7 heteroatoms. The van der Waals surface area contributed by atoms with E-state index in [0.29, 0.717) is 6.42 Å². The lowest BCUT2D eigenvalue weighted by atomic mass is 10.3. The van der Waals surface area contributed by atoms with Crippen molar-refractivity contribution >= 4 is 21.6 Å². The van der Waals surface area contributed by atoms with E-state index in [-0.39, 0.29) is 13.2 Å². The molecular weight excluding hydrogens is 218 g/mol. The van der Waals surface area contributed by atoms with Crippen molar-refractivity contribution in [1.82, 2.24) is 4.72 Å². The average Bonchev–Trinajstić information content (AvgIpc) is 2.05. The quantitative estimate of drug-likeness (QED) is 0.580. The first-order chi connectivity index (χ1) is 6.02. The summed E-state index contributed by atoms with van der Waals surface area (Å²) in [7, 11) is -1.90. The van der Waals surface area contributed by atoms with E-state index in [4.69, 9.17) is 16.7 Å². The molecule has 0 aliphatic heterocycles. The number of aliphatic hydroxyl groups is 1. The highest BCUT2D eigenvalue weighted by Crippen LogP contribution is 1.93. The SMILES string of the molecule is COCC(O)CCNS(=O)(=O)CCl. The summed E-state index contributed by atoms with van der Waals surface area (Å²) < 4.78 is 28.4. The third-order valence-electron chi connectivity index (χ3n) is 1.30. The number of aliphatic hydroxyl groups excluding tert-OH is 1. The van der Waals surface area contributed by atoms with Gasteiger partial charge < -0.3 is 9.84 Å². The summed E-state index contributed by atoms with van der Waals surface area (Å²) in [6.45, 7) is 0.363. The molecule has 0 aromatic heterocycles. The van der Waals surface area contributed by atoms with Gasteiger partial charge in [-0.2, -0.15) is 0 Å². The van der Waals surface area contributed by atoms with Crippen molar-refractivity contribution in [2.45, 2.75) is 12.5 Å². The van der Waals surface area contributed by atoms with Crippen molar-refractivity contribution in [3.8, 4) is 0 Å². The minimum Gasteiger partial charge on any atom is -0.391 e. The summed E-state index contributed by atoms with van der Waals surface area (Å²) in [5.74, 6) is 0. The summed E-state index contributed by atoms with van der Waals surface area (Å²) in [6.07, 6.45) is -0.340. The molecule has 0 aromatic rings. The van der Waals surface area contributed by atoms with E-state index in [1.54, 1.807) is 0 Å². The molecule has 0 fully saturated rings. The maximum atomic E-state index is 10.8. The van der Waals surface area contributed by atoms with Gasteiger partial charge in [0.1, 0.15) is 5.21 Å². The van der Waals surface area contributed by atoms with E-state index in [1.807, 2.05) is 0 Å². The lowest BCUT2D eigenvalue weighted by molar-refractivity contribution is 0.0603. The van der Waals surface area contributed by atoms with Crippen LogP contribution in [0.5, 0.6) is 0 Å². The van der Waals surface area contributed by atoms with Gasteiger partial charge in [-0.1, -0.05) is 0 Å². The third kappa shape index (κ3) is 7.21. The number of hydrogen-bond donors (Lipinski definition) is 2. The van der Waals surface area contributed by atoms with Crippen LogP contribution in [0.2, 0.25) is 0 Å². The van der Waals surface area contributed by atoms with Crippen LogP contribution in [0.1, 0.15) is 6.42 Å². The summed E-state index contributed by atoms with van der Waals surface area (Å²) in [5, 5.41) is 8.66. The Kier molecular flexibility index (Phi) is 6.62. The molecule has 0 aliphatic carbocycles. The molecule has 1 unspecified atom stereocenters. The Bertz CT molecular complexity index is 219. The predicted octanol–water partition coefficient (Wildman–Crippen LogP) is -0.500. The van der Waals surface area contributed by atoms with E-state index >= 15 is 0 Å². The topological polar surface area (TPSA) is 75.6 Å². The zero-order chi connectivity index (χ0) is 10.3. The molecule has 0 saturated heterocycles. The Morgan fingerprint density at radius 1 is 1.62 bits per heavy atom. The number of alkyl halides is 1. The van der Waals surface area contributed by atoms with Crippen molar-refractivity contribution < 1.29 is 18.3 Å². The molecule has 1 atom stereocenters. The smallest absolute Gasteiger partial charge is 0.225 e. The highest BCUT2D eigenvalue weighted by Gasteiger charge is 2.08. The van der Waals surface area contributed by atoms with Crippen LogP contribution in [0.25, 0.3) is 0 Å². The fourth-order valence-corrected chi connectivity index (χ4v) is 1.43. The average molecular weight is 232 g/mol. The summed E-state index contributed by atoms with van der Waals surface area (Å²) in [6, 6.07) is 0. The summed E-state index contributed by atoms with van der Waals surface area (Å²) in [5.41, 5.74) is 0. The van der Waals surface area contributed by atoms with Gasteiger partial charge in [0.05, 0.1) is 12.7 Å². The van der Waals surface area contributed by atoms with E-state index in [0.717, 1.165) is 0 Å². The van der Waals surface area contributed by atoms with E-state index in [2.05, 4.69) is 9.46 Å². The van der Waals surface area contributed by atoms with Crippen molar-refractivity contribution in [1.29, 1.82) is 0 Å². The Labute approximate surface area is 83.1 Å². The standard InChI is InChI=1S/C6H14ClNO4S/c1-12-4-6(9)2-3-8-13(10,11)5-7/h6,8-9H,2-5H2,1H3. The van der Waals surface area contributed by atoms with Crippen LogP contribution < -0.4 is 4.72 Å². The van der Waals surface area contributed by atoms with E-state index < -0.39 is 21.3 Å². The Morgan fingerprint density at radius 2 is 2.23 bits per heavy atom. The van der Waals surface area contributed by atoms with E-state index in [9.17, 15) is 8.42 Å². The van der Waals surface area contributed by atoms with Crippen LogP contribution in [0.3, 0.4) is 0 Å². The van der Waals surface area contributed by atoms with Gasteiger partial charge >= 0.3 is 0 Å². The minimum atomic E-state index is -3.37. The summed E-state index contributed by atoms with van der Waals surface area (Å²) >= 11 is 5.13. The van der Waals surface area contributed by atoms with Gasteiger partial charge in [-0.15, -0.1) is 11.6 Å². The normalized spacial score (nSPS) is 14.4. The Morgan fingerprint density at radius 3 is 2.69 bits per heavy atom. The van der Waals surface area contributed by atoms with Gasteiger partial charge in [0, 0.05) is 13.7 Å². The van der Waals surface area contributed by atoms with Gasteiger partial charge in [-0.05, 0) is 6.42 Å². The number of rotatable bonds is 7. The van der Waals surface area contributed by atoms with Crippen molar-refractivity contribution in [3.05, 3.63) is 0 Å². The lowest BCUT2D eigenvalue weighted by Crippen LogP contribution is -2.29. The molecule has 0 spiro atoms. The predicted molar refractivity (Wildman–Crippen MR) is 50.1 cm³/mol. The number of methoxy groups -OCH3 is 1. The van der Waals surface area contributed by atoms with Crippen molar-refractivity contribution in [3.63, 3.8) is 0 Å². The second-order valence-corrected chi connectivity index (χ2v) is 4.91. The molecule has 5 nitrogen and oxygen atoms in total. The van der Waals surface area contributed by atoms with E-state index in [1.165, 1.54) is 7.11 Å². The highest BCUT2D eigenvalue weighted by molar-refractivity contribution is 7.90. The minimum absolute atomic E-state index is 0.166. The van der Waals surface area contributed by atoms with Crippen molar-refractivity contribution in [2.75, 3.05) is 25.5 Å². The fraction of sp³-hybridized carbons (Fsp3) is 1.00. The molecule has 0 saturated carbocycles. The second-order valence-electron chi connectivity index (χ2n) is 2.52. The molecule has 0 aliphatic rings. The molecular formula is C6H14ClNO4S. The van der Waals surface area contributed by atoms with Gasteiger partial charge in [-0.25, -0.2) is 13.1 Å². The zero-order valence-electron chi connectivity index (χ0n) is 7.36. The fourth-order valence-electron chi connectivity index (χ4n) is 0.695. The maximum absolute atomic E-state index is 10.8. The molecule has 0 rings (SSSR count). The largest absolute Gasteiger partial charge is 0.391 e. The van der Waals surface area contributed by atoms with Crippen molar-refractivity contribution in [2.24, 2.45) is 0 Å². The molecule has 0 heterocycles. The number of hydrogen-bond acceptors (Lipinski definition) is 4. The molecule has 0 amide bonds. The number of sulfonamides is 1. The maximum Gasteiger partial charge on any atom is 0.225 e. The molecule has 80 valence electrons. The first-order valence-corrected chi connectivity index (χ1v) is 5.91. The zero-order valence-corrected chi connectivity index (χ0v) is 8.94. The number of halogens is 1. The van der Waals surface area contributed by atoms with Gasteiger partial charge in [-0.3, -0.25) is 0 Å². The number of nitrogens with one attached hydrogen (secondary N) is 1. The van der Waals surface area contributed by atoms with Crippen LogP contribution in [0, 0.1) is 0 Å². The molecule has 0 aromatic carbocycles. The summed E-state index contributed by atoms with van der Waals surface area (Å²) in [4.78, 5) is 0. The Hall–Kier alpha value is 0.120. The third-order valence-corrected chi connectivity index (χ3v) is 3.10. The molecule has 13 heavy (non-hydrogen) atoms. The van der Waals surface area contributed by atoms with Gasteiger partial charge in [0.15, 0.2) is 0 Å². The molecule has 0 bridgehead atoms.